The van der Waals surface area contributed by atoms with Gasteiger partial charge < -0.3 is 20.9 Å². The van der Waals surface area contributed by atoms with Crippen LogP contribution >= 0.6 is 0 Å². The zero-order valence-electron chi connectivity index (χ0n) is 9.88. The van der Waals surface area contributed by atoms with Gasteiger partial charge >= 0.3 is 0 Å². The summed E-state index contributed by atoms with van der Waals surface area (Å²) in [5, 5.41) is 7.26. The second-order valence-corrected chi connectivity index (χ2v) is 3.08. The zero-order chi connectivity index (χ0) is 12.7. The monoisotopic (exact) mass is 236 g/mol. The number of hydrogen-bond acceptors (Lipinski definition) is 4. The molecule has 0 bridgehead atoms. The van der Waals surface area contributed by atoms with Gasteiger partial charge in [-0.15, -0.1) is 5.10 Å². The first-order valence-electron chi connectivity index (χ1n) is 5.10. The summed E-state index contributed by atoms with van der Waals surface area (Å²) in [6.07, 6.45) is 1.51. The van der Waals surface area contributed by atoms with Crippen molar-refractivity contribution < 1.29 is 9.47 Å². The minimum absolute atomic E-state index is 0.0953. The second-order valence-electron chi connectivity index (χ2n) is 3.08. The summed E-state index contributed by atoms with van der Waals surface area (Å²) in [4.78, 5) is 0. The molecule has 0 radical (unpaired) electrons. The third kappa shape index (κ3) is 3.67. The molecule has 0 aliphatic rings. The highest BCUT2D eigenvalue weighted by atomic mass is 16.5. The van der Waals surface area contributed by atoms with Crippen LogP contribution in [0.4, 0.5) is 0 Å². The fraction of sp³-hybridized carbons (Fsp3) is 0.273. The van der Waals surface area contributed by atoms with Crippen molar-refractivity contribution in [1.29, 1.82) is 0 Å². The van der Waals surface area contributed by atoms with Crippen molar-refractivity contribution in [3.63, 3.8) is 0 Å². The zero-order valence-corrected chi connectivity index (χ0v) is 9.88. The Kier molecular flexibility index (Phi) is 4.80. The van der Waals surface area contributed by atoms with E-state index >= 15 is 0 Å². The van der Waals surface area contributed by atoms with E-state index in [1.54, 1.807) is 7.11 Å². The minimum atomic E-state index is -0.0953. The van der Waals surface area contributed by atoms with Crippen LogP contribution < -0.4 is 20.9 Å². The Labute approximate surface area is 99.9 Å². The third-order valence-corrected chi connectivity index (χ3v) is 1.89. The second kappa shape index (κ2) is 6.37. The average molecular weight is 236 g/mol. The highest BCUT2D eigenvalue weighted by Crippen LogP contribution is 2.29. The number of ether oxygens (including phenoxy) is 2. The molecule has 0 amide bonds. The van der Waals surface area contributed by atoms with Gasteiger partial charge in [-0.1, -0.05) is 6.07 Å². The van der Waals surface area contributed by atoms with Crippen LogP contribution in [-0.2, 0) is 0 Å². The van der Waals surface area contributed by atoms with Crippen LogP contribution in [0.25, 0.3) is 0 Å². The van der Waals surface area contributed by atoms with Gasteiger partial charge in [0.15, 0.2) is 11.5 Å². The largest absolute Gasteiger partial charge is 0.493 e. The standard InChI is InChI=1S/C11H16N4O2/c1-3-17-10-8(7-14-15-11(12)13)5-4-6-9(10)16-2/h4-7H,3H2,1-2H3,(H4,12,13,15)/b14-7-. The van der Waals surface area contributed by atoms with Crippen LogP contribution in [0.15, 0.2) is 28.4 Å². The summed E-state index contributed by atoms with van der Waals surface area (Å²) in [5.74, 6) is 1.16. The van der Waals surface area contributed by atoms with Crippen molar-refractivity contribution >= 4 is 12.2 Å². The van der Waals surface area contributed by atoms with E-state index in [1.807, 2.05) is 25.1 Å². The van der Waals surface area contributed by atoms with Crippen molar-refractivity contribution in [3.8, 4) is 11.5 Å². The molecule has 0 heterocycles. The maximum absolute atomic E-state index is 5.49. The summed E-state index contributed by atoms with van der Waals surface area (Å²) >= 11 is 0. The summed E-state index contributed by atoms with van der Waals surface area (Å²) in [5.41, 5.74) is 11.1. The van der Waals surface area contributed by atoms with Gasteiger partial charge in [-0.2, -0.15) is 5.10 Å². The first-order chi connectivity index (χ1) is 8.19. The maximum Gasteiger partial charge on any atom is 0.211 e. The average Bonchev–Trinajstić information content (AvgIpc) is 2.30. The first-order valence-corrected chi connectivity index (χ1v) is 5.10. The predicted molar refractivity (Wildman–Crippen MR) is 67.6 cm³/mol. The molecule has 0 aliphatic carbocycles. The summed E-state index contributed by atoms with van der Waals surface area (Å²) in [6, 6.07) is 5.47. The lowest BCUT2D eigenvalue weighted by Gasteiger charge is -2.11. The van der Waals surface area contributed by atoms with E-state index in [2.05, 4.69) is 10.2 Å². The molecule has 0 saturated heterocycles. The summed E-state index contributed by atoms with van der Waals surface area (Å²) in [7, 11) is 1.58. The van der Waals surface area contributed by atoms with Gasteiger partial charge in [-0.3, -0.25) is 0 Å². The number of methoxy groups -OCH3 is 1. The Balaban J connectivity index is 3.05. The van der Waals surface area contributed by atoms with Crippen molar-refractivity contribution in [3.05, 3.63) is 23.8 Å². The molecular weight excluding hydrogens is 220 g/mol. The van der Waals surface area contributed by atoms with Crippen LogP contribution in [-0.4, -0.2) is 25.9 Å². The van der Waals surface area contributed by atoms with Crippen LogP contribution in [0.1, 0.15) is 12.5 Å². The molecule has 1 rings (SSSR count). The van der Waals surface area contributed by atoms with Crippen LogP contribution in [0.5, 0.6) is 11.5 Å². The highest BCUT2D eigenvalue weighted by Gasteiger charge is 2.07. The fourth-order valence-corrected chi connectivity index (χ4v) is 1.25. The highest BCUT2D eigenvalue weighted by molar-refractivity contribution is 5.86. The molecule has 0 aliphatic heterocycles. The number of hydrogen-bond donors (Lipinski definition) is 2. The quantitative estimate of drug-likeness (QED) is 0.447. The number of nitrogens with zero attached hydrogens (tertiary/aromatic N) is 2. The third-order valence-electron chi connectivity index (χ3n) is 1.89. The normalized spacial score (nSPS) is 10.2. The molecule has 0 spiro atoms. The van der Waals surface area contributed by atoms with Crippen molar-refractivity contribution in [2.24, 2.45) is 21.7 Å². The fourth-order valence-electron chi connectivity index (χ4n) is 1.25. The Morgan fingerprint density at radius 1 is 1.41 bits per heavy atom. The van der Waals surface area contributed by atoms with Crippen molar-refractivity contribution in [2.75, 3.05) is 13.7 Å². The number of rotatable bonds is 5. The molecule has 17 heavy (non-hydrogen) atoms. The molecule has 4 N–H and O–H groups in total. The van der Waals surface area contributed by atoms with Crippen LogP contribution in [0.3, 0.4) is 0 Å². The van der Waals surface area contributed by atoms with Gasteiger partial charge in [0.25, 0.3) is 0 Å². The minimum Gasteiger partial charge on any atom is -0.493 e. The van der Waals surface area contributed by atoms with E-state index in [1.165, 1.54) is 6.21 Å². The van der Waals surface area contributed by atoms with Gasteiger partial charge in [0.1, 0.15) is 0 Å². The van der Waals surface area contributed by atoms with Crippen molar-refractivity contribution in [2.45, 2.75) is 6.92 Å². The lowest BCUT2D eigenvalue weighted by atomic mass is 10.2. The Morgan fingerprint density at radius 3 is 2.76 bits per heavy atom. The van der Waals surface area contributed by atoms with Gasteiger partial charge in [-0.05, 0) is 19.1 Å². The smallest absolute Gasteiger partial charge is 0.211 e. The molecule has 0 saturated carbocycles. The van der Waals surface area contributed by atoms with E-state index in [0.29, 0.717) is 18.1 Å². The first kappa shape index (κ1) is 12.8. The Bertz CT molecular complexity index is 425. The van der Waals surface area contributed by atoms with E-state index < -0.39 is 0 Å². The molecule has 0 aromatic heterocycles. The summed E-state index contributed by atoms with van der Waals surface area (Å²) < 4.78 is 10.7. The van der Waals surface area contributed by atoms with E-state index in [9.17, 15) is 0 Å². The molecule has 6 nitrogen and oxygen atoms in total. The van der Waals surface area contributed by atoms with Crippen molar-refractivity contribution in [1.82, 2.24) is 0 Å². The number of benzene rings is 1. The SMILES string of the molecule is CCOc1c(/C=N\N=C(N)N)cccc1OC. The van der Waals surface area contributed by atoms with E-state index in [0.717, 1.165) is 5.56 Å². The van der Waals surface area contributed by atoms with Crippen LogP contribution in [0.2, 0.25) is 0 Å². The number of guanidine groups is 1. The van der Waals surface area contributed by atoms with Crippen LogP contribution in [0, 0.1) is 0 Å². The van der Waals surface area contributed by atoms with Gasteiger partial charge in [0.2, 0.25) is 5.96 Å². The summed E-state index contributed by atoms with van der Waals surface area (Å²) in [6.45, 7) is 2.42. The molecule has 1 aromatic carbocycles. The van der Waals surface area contributed by atoms with Gasteiger partial charge in [0, 0.05) is 5.56 Å². The lowest BCUT2D eigenvalue weighted by Crippen LogP contribution is -2.21. The molecule has 92 valence electrons. The predicted octanol–water partition coefficient (Wildman–Crippen LogP) is 0.701. The van der Waals surface area contributed by atoms with Gasteiger partial charge in [0.05, 0.1) is 19.9 Å². The lowest BCUT2D eigenvalue weighted by molar-refractivity contribution is 0.310. The topological polar surface area (TPSA) is 95.2 Å². The molecule has 6 heteroatoms. The number of nitrogens with two attached hydrogens (primary N) is 2. The molecule has 0 atom stereocenters. The number of para-hydroxylation sites is 1. The van der Waals surface area contributed by atoms with E-state index in [4.69, 9.17) is 20.9 Å². The maximum atomic E-state index is 5.49. The molecular formula is C11H16N4O2. The Hall–Kier alpha value is -2.24. The van der Waals surface area contributed by atoms with E-state index in [-0.39, 0.29) is 5.96 Å². The van der Waals surface area contributed by atoms with Gasteiger partial charge in [-0.25, -0.2) is 0 Å². The molecule has 0 fully saturated rings. The molecule has 0 unspecified atom stereocenters. The molecule has 1 aromatic rings. The Morgan fingerprint density at radius 2 is 2.18 bits per heavy atom.